The highest BCUT2D eigenvalue weighted by molar-refractivity contribution is 7.95. The SMILES string of the molecule is Cc1ccc(S(=O)(=O)N=S=C(/C=C/N2CCCCC2)c2cccs2)cc1. The molecule has 1 saturated heterocycles. The smallest absolute Gasteiger partial charge is 0.292 e. The van der Waals surface area contributed by atoms with Crippen LogP contribution in [-0.4, -0.2) is 31.3 Å². The van der Waals surface area contributed by atoms with E-state index in [9.17, 15) is 8.42 Å². The Morgan fingerprint density at radius 2 is 1.88 bits per heavy atom. The largest absolute Gasteiger partial charge is 0.377 e. The lowest BCUT2D eigenvalue weighted by Gasteiger charge is -2.24. The summed E-state index contributed by atoms with van der Waals surface area (Å²) in [7, 11) is -3.68. The van der Waals surface area contributed by atoms with Gasteiger partial charge in [0.1, 0.15) is 0 Å². The zero-order valence-corrected chi connectivity index (χ0v) is 17.1. The van der Waals surface area contributed by atoms with E-state index in [0.29, 0.717) is 0 Å². The molecule has 0 amide bonds. The van der Waals surface area contributed by atoms with E-state index in [0.717, 1.165) is 39.5 Å². The second kappa shape index (κ2) is 8.79. The van der Waals surface area contributed by atoms with Crippen LogP contribution in [0, 0.1) is 6.92 Å². The minimum atomic E-state index is -3.68. The molecule has 1 aromatic carbocycles. The number of benzene rings is 1. The molecule has 0 unspecified atom stereocenters. The third-order valence-corrected chi connectivity index (χ3v) is 7.68. The molecular formula is C19H22N2O2S3. The molecule has 0 aliphatic carbocycles. The van der Waals surface area contributed by atoms with Crippen LogP contribution in [0.15, 0.2) is 62.7 Å². The summed E-state index contributed by atoms with van der Waals surface area (Å²) in [5.41, 5.74) is 1.02. The van der Waals surface area contributed by atoms with E-state index in [4.69, 9.17) is 0 Å². The molecule has 1 aromatic heterocycles. The Morgan fingerprint density at radius 3 is 2.54 bits per heavy atom. The molecule has 0 radical (unpaired) electrons. The molecule has 0 saturated carbocycles. The van der Waals surface area contributed by atoms with Gasteiger partial charge in [0.15, 0.2) is 0 Å². The van der Waals surface area contributed by atoms with Crippen molar-refractivity contribution in [3.8, 4) is 0 Å². The monoisotopic (exact) mass is 406 g/mol. The number of hydrogen-bond donors (Lipinski definition) is 0. The number of sulfonamides is 1. The fourth-order valence-electron chi connectivity index (χ4n) is 2.66. The molecule has 1 aliphatic heterocycles. The van der Waals surface area contributed by atoms with E-state index in [1.54, 1.807) is 35.6 Å². The summed E-state index contributed by atoms with van der Waals surface area (Å²) in [6.45, 7) is 4.03. The van der Waals surface area contributed by atoms with Crippen LogP contribution in [0.25, 0.3) is 0 Å². The Morgan fingerprint density at radius 1 is 1.15 bits per heavy atom. The first-order valence-corrected chi connectivity index (χ1v) is 11.7. The number of piperidine rings is 1. The van der Waals surface area contributed by atoms with Crippen molar-refractivity contribution in [3.63, 3.8) is 0 Å². The lowest BCUT2D eigenvalue weighted by atomic mass is 10.1. The standard InChI is InChI=1S/C19H22N2O2S3/c1-16-7-9-17(10-8-16)26(22,23)20-25-19(18-6-5-15-24-18)11-14-21-12-3-2-4-13-21/h5-11,14-15H,2-4,12-13H2,1H3/b14-11+. The Bertz CT molecular complexity index is 918. The second-order valence-corrected chi connectivity index (χ2v) is 9.80. The molecule has 0 atom stereocenters. The van der Waals surface area contributed by atoms with Gasteiger partial charge in [0, 0.05) is 24.2 Å². The van der Waals surface area contributed by atoms with Crippen LogP contribution in [0.2, 0.25) is 0 Å². The van der Waals surface area contributed by atoms with Crippen LogP contribution in [0.1, 0.15) is 29.7 Å². The molecule has 1 fully saturated rings. The Labute approximate surface area is 163 Å². The van der Waals surface area contributed by atoms with Gasteiger partial charge in [-0.2, -0.15) is 8.42 Å². The number of allylic oxidation sites excluding steroid dienone is 1. The van der Waals surface area contributed by atoms with Crippen molar-refractivity contribution in [1.82, 2.24) is 4.90 Å². The van der Waals surface area contributed by atoms with Gasteiger partial charge in [-0.05, 0) is 67.0 Å². The Hall–Kier alpha value is -1.70. The maximum absolute atomic E-state index is 12.5. The molecule has 7 heteroatoms. The van der Waals surface area contributed by atoms with Gasteiger partial charge in [0.05, 0.1) is 9.76 Å². The van der Waals surface area contributed by atoms with Gasteiger partial charge >= 0.3 is 0 Å². The van der Waals surface area contributed by atoms with Crippen LogP contribution >= 0.6 is 11.3 Å². The highest BCUT2D eigenvalue weighted by Gasteiger charge is 2.12. The van der Waals surface area contributed by atoms with Crippen molar-refractivity contribution in [2.75, 3.05) is 13.1 Å². The van der Waals surface area contributed by atoms with Gasteiger partial charge in [-0.1, -0.05) is 27.5 Å². The van der Waals surface area contributed by atoms with Crippen LogP contribution in [-0.2, 0) is 21.2 Å². The molecule has 0 spiro atoms. The summed E-state index contributed by atoms with van der Waals surface area (Å²) in [5, 5.41) is 1.99. The molecule has 138 valence electrons. The van der Waals surface area contributed by atoms with Crippen molar-refractivity contribution < 1.29 is 8.42 Å². The van der Waals surface area contributed by atoms with Gasteiger partial charge in [-0.25, -0.2) is 0 Å². The number of aryl methyl sites for hydroxylation is 1. The number of thiophene rings is 1. The molecule has 3 rings (SSSR count). The van der Waals surface area contributed by atoms with E-state index in [-0.39, 0.29) is 4.90 Å². The molecular weight excluding hydrogens is 384 g/mol. The van der Waals surface area contributed by atoms with Gasteiger partial charge in [0.25, 0.3) is 10.0 Å². The predicted octanol–water partition coefficient (Wildman–Crippen LogP) is 4.23. The van der Waals surface area contributed by atoms with E-state index < -0.39 is 10.0 Å². The fourth-order valence-corrected chi connectivity index (χ4v) is 5.38. The predicted molar refractivity (Wildman–Crippen MR) is 111 cm³/mol. The summed E-state index contributed by atoms with van der Waals surface area (Å²) in [6.07, 6.45) is 7.74. The number of nitrogens with zero attached hydrogens (tertiary/aromatic N) is 2. The molecule has 0 bridgehead atoms. The molecule has 4 nitrogen and oxygen atoms in total. The topological polar surface area (TPSA) is 49.7 Å². The van der Waals surface area contributed by atoms with Crippen LogP contribution in [0.3, 0.4) is 0 Å². The molecule has 1 aliphatic rings. The van der Waals surface area contributed by atoms with Gasteiger partial charge in [-0.15, -0.1) is 11.3 Å². The van der Waals surface area contributed by atoms with Crippen LogP contribution < -0.4 is 0 Å². The quantitative estimate of drug-likeness (QED) is 0.424. The number of likely N-dealkylation sites (tertiary alicyclic amines) is 1. The van der Waals surface area contributed by atoms with Crippen molar-refractivity contribution in [1.29, 1.82) is 0 Å². The Balaban J connectivity index is 1.91. The van der Waals surface area contributed by atoms with Gasteiger partial charge < -0.3 is 4.90 Å². The molecule has 26 heavy (non-hydrogen) atoms. The van der Waals surface area contributed by atoms with Crippen LogP contribution in [0.4, 0.5) is 0 Å². The van der Waals surface area contributed by atoms with Gasteiger partial charge in [-0.3, -0.25) is 0 Å². The summed E-state index contributed by atoms with van der Waals surface area (Å²) in [5.74, 6) is 0. The fraction of sp³-hybridized carbons (Fsp3) is 0.316. The van der Waals surface area contributed by atoms with E-state index in [1.165, 1.54) is 19.3 Å². The van der Waals surface area contributed by atoms with Crippen molar-refractivity contribution >= 4 is 37.4 Å². The maximum Gasteiger partial charge on any atom is 0.292 e. The molecule has 0 N–H and O–H groups in total. The minimum absolute atomic E-state index is 0.223. The van der Waals surface area contributed by atoms with E-state index >= 15 is 0 Å². The third kappa shape index (κ3) is 5.16. The maximum atomic E-state index is 12.5. The summed E-state index contributed by atoms with van der Waals surface area (Å²) in [4.78, 5) is 4.38. The normalized spacial score (nSPS) is 15.2. The first-order chi connectivity index (χ1) is 12.5. The Kier molecular flexibility index (Phi) is 6.45. The lowest BCUT2D eigenvalue weighted by molar-refractivity contribution is 0.310. The summed E-state index contributed by atoms with van der Waals surface area (Å²) >= 11 is 2.61. The van der Waals surface area contributed by atoms with Gasteiger partial charge in [0.2, 0.25) is 0 Å². The van der Waals surface area contributed by atoms with Crippen molar-refractivity contribution in [2.45, 2.75) is 31.1 Å². The summed E-state index contributed by atoms with van der Waals surface area (Å²) in [6, 6.07) is 10.7. The van der Waals surface area contributed by atoms with Crippen LogP contribution in [0.5, 0.6) is 0 Å². The number of hydrogen-bond acceptors (Lipinski definition) is 4. The van der Waals surface area contributed by atoms with E-state index in [2.05, 4.69) is 14.9 Å². The van der Waals surface area contributed by atoms with Crippen molar-refractivity contribution in [2.24, 2.45) is 3.77 Å². The average molecular weight is 407 g/mol. The second-order valence-electron chi connectivity index (χ2n) is 6.21. The highest BCUT2D eigenvalue weighted by atomic mass is 32.2. The first-order valence-electron chi connectivity index (χ1n) is 8.59. The van der Waals surface area contributed by atoms with E-state index in [1.807, 2.05) is 30.5 Å². The summed E-state index contributed by atoms with van der Waals surface area (Å²) < 4.78 is 28.9. The third-order valence-electron chi connectivity index (χ3n) is 4.14. The van der Waals surface area contributed by atoms with Crippen molar-refractivity contribution in [3.05, 3.63) is 64.5 Å². The minimum Gasteiger partial charge on any atom is -0.377 e. The first kappa shape index (κ1) is 19.1. The number of rotatable bonds is 5. The average Bonchev–Trinajstić information content (AvgIpc) is 3.17. The lowest BCUT2D eigenvalue weighted by Crippen LogP contribution is -2.24. The molecule has 2 aromatic rings. The molecule has 2 heterocycles. The highest BCUT2D eigenvalue weighted by Crippen LogP contribution is 2.15. The zero-order chi connectivity index (χ0) is 18.4. The zero-order valence-electron chi connectivity index (χ0n) is 14.7.